The highest BCUT2D eigenvalue weighted by Gasteiger charge is 2.45. The molecular weight excluding hydrogens is 132 g/mol. The van der Waals surface area contributed by atoms with E-state index in [-0.39, 0.29) is 18.8 Å². The predicted octanol–water partition coefficient (Wildman–Crippen LogP) is -0.864. The predicted molar refractivity (Wildman–Crippen MR) is 32.5 cm³/mol. The quantitative estimate of drug-likeness (QED) is 0.464. The van der Waals surface area contributed by atoms with E-state index < -0.39 is 11.5 Å². The van der Waals surface area contributed by atoms with Gasteiger partial charge in [0, 0.05) is 18.8 Å². The van der Waals surface area contributed by atoms with E-state index in [1.807, 2.05) is 0 Å². The second kappa shape index (κ2) is 1.96. The molecule has 0 heterocycles. The van der Waals surface area contributed by atoms with Crippen LogP contribution < -0.4 is 5.73 Å². The molecule has 0 aromatic carbocycles. The standard InChI is InChI=1S/C6H8N2O2/c7-3-6(10)1-4(2-6)5(8)9/h4,10H,1-2H2,(H2,8,9). The third kappa shape index (κ3) is 0.957. The van der Waals surface area contributed by atoms with Gasteiger partial charge in [-0.3, -0.25) is 4.79 Å². The van der Waals surface area contributed by atoms with Gasteiger partial charge in [0.15, 0.2) is 5.60 Å². The fourth-order valence-electron chi connectivity index (χ4n) is 1.05. The van der Waals surface area contributed by atoms with Crippen molar-refractivity contribution in [1.82, 2.24) is 0 Å². The lowest BCUT2D eigenvalue weighted by atomic mass is 9.71. The zero-order valence-corrected chi connectivity index (χ0v) is 5.37. The molecule has 0 aliphatic heterocycles. The van der Waals surface area contributed by atoms with Gasteiger partial charge in [0.25, 0.3) is 0 Å². The molecule has 0 spiro atoms. The highest BCUT2D eigenvalue weighted by atomic mass is 16.3. The Bertz CT molecular complexity index is 200. The summed E-state index contributed by atoms with van der Waals surface area (Å²) in [5.74, 6) is -0.732. The lowest BCUT2D eigenvalue weighted by molar-refractivity contribution is -0.132. The van der Waals surface area contributed by atoms with Gasteiger partial charge in [0.05, 0.1) is 6.07 Å². The number of hydrogen-bond donors (Lipinski definition) is 2. The molecule has 1 saturated carbocycles. The SMILES string of the molecule is N#CC1(O)CC(C(N)=O)C1. The number of carbonyl (C=O) groups is 1. The van der Waals surface area contributed by atoms with Crippen molar-refractivity contribution in [3.63, 3.8) is 0 Å². The molecule has 4 heteroatoms. The first kappa shape index (κ1) is 7.03. The van der Waals surface area contributed by atoms with Crippen molar-refractivity contribution in [3.8, 4) is 6.07 Å². The monoisotopic (exact) mass is 140 g/mol. The van der Waals surface area contributed by atoms with Crippen LogP contribution >= 0.6 is 0 Å². The summed E-state index contributed by atoms with van der Waals surface area (Å²) in [4.78, 5) is 10.4. The van der Waals surface area contributed by atoms with Crippen LogP contribution in [0.2, 0.25) is 0 Å². The Hall–Kier alpha value is -1.08. The molecular formula is C6H8N2O2. The maximum Gasteiger partial charge on any atom is 0.220 e. The van der Waals surface area contributed by atoms with Gasteiger partial charge in [-0.05, 0) is 0 Å². The van der Waals surface area contributed by atoms with Gasteiger partial charge < -0.3 is 10.8 Å². The molecule has 0 saturated heterocycles. The van der Waals surface area contributed by atoms with Crippen LogP contribution in [-0.2, 0) is 4.79 Å². The smallest absolute Gasteiger partial charge is 0.220 e. The lowest BCUT2D eigenvalue weighted by Crippen LogP contribution is -2.47. The highest BCUT2D eigenvalue weighted by molar-refractivity contribution is 5.78. The number of nitriles is 1. The van der Waals surface area contributed by atoms with Gasteiger partial charge >= 0.3 is 0 Å². The molecule has 0 radical (unpaired) electrons. The summed E-state index contributed by atoms with van der Waals surface area (Å²) in [6.45, 7) is 0. The summed E-state index contributed by atoms with van der Waals surface area (Å²) in [6, 6.07) is 1.71. The number of nitrogens with zero attached hydrogens (tertiary/aromatic N) is 1. The van der Waals surface area contributed by atoms with E-state index in [0.29, 0.717) is 0 Å². The Balaban J connectivity index is 2.46. The van der Waals surface area contributed by atoms with Crippen LogP contribution in [0.15, 0.2) is 0 Å². The maximum atomic E-state index is 10.4. The molecule has 1 rings (SSSR count). The van der Waals surface area contributed by atoms with Crippen LogP contribution in [0.3, 0.4) is 0 Å². The van der Waals surface area contributed by atoms with Crippen LogP contribution in [0.5, 0.6) is 0 Å². The first-order valence-corrected chi connectivity index (χ1v) is 3.00. The van der Waals surface area contributed by atoms with E-state index in [4.69, 9.17) is 16.1 Å². The number of hydrogen-bond acceptors (Lipinski definition) is 3. The Labute approximate surface area is 58.2 Å². The second-order valence-corrected chi connectivity index (χ2v) is 2.65. The number of carbonyl (C=O) groups excluding carboxylic acids is 1. The van der Waals surface area contributed by atoms with Crippen molar-refractivity contribution in [3.05, 3.63) is 0 Å². The summed E-state index contributed by atoms with van der Waals surface area (Å²) >= 11 is 0. The van der Waals surface area contributed by atoms with Gasteiger partial charge in [0.1, 0.15) is 0 Å². The van der Waals surface area contributed by atoms with E-state index in [1.165, 1.54) is 0 Å². The molecule has 3 N–H and O–H groups in total. The topological polar surface area (TPSA) is 87.1 Å². The van der Waals surface area contributed by atoms with E-state index in [0.717, 1.165) is 0 Å². The molecule has 1 aliphatic rings. The summed E-state index contributed by atoms with van der Waals surface area (Å²) in [6.07, 6.45) is 0.387. The molecule has 4 nitrogen and oxygen atoms in total. The van der Waals surface area contributed by atoms with Gasteiger partial charge in [-0.2, -0.15) is 5.26 Å². The van der Waals surface area contributed by atoms with Crippen molar-refractivity contribution < 1.29 is 9.90 Å². The van der Waals surface area contributed by atoms with Crippen molar-refractivity contribution in [2.45, 2.75) is 18.4 Å². The van der Waals surface area contributed by atoms with Crippen LogP contribution in [0.1, 0.15) is 12.8 Å². The first-order valence-electron chi connectivity index (χ1n) is 3.00. The number of amides is 1. The fourth-order valence-corrected chi connectivity index (χ4v) is 1.05. The summed E-state index contributed by atoms with van der Waals surface area (Å²) in [7, 11) is 0. The number of primary amides is 1. The highest BCUT2D eigenvalue weighted by Crippen LogP contribution is 2.36. The summed E-state index contributed by atoms with van der Waals surface area (Å²) in [5.41, 5.74) is 3.64. The Morgan fingerprint density at radius 1 is 1.80 bits per heavy atom. The molecule has 0 unspecified atom stereocenters. The zero-order chi connectivity index (χ0) is 7.78. The summed E-state index contributed by atoms with van der Waals surface area (Å²) < 4.78 is 0. The average molecular weight is 140 g/mol. The minimum Gasteiger partial charge on any atom is -0.375 e. The molecule has 0 bridgehead atoms. The Kier molecular flexibility index (Phi) is 1.38. The van der Waals surface area contributed by atoms with Gasteiger partial charge in [0.2, 0.25) is 5.91 Å². The zero-order valence-electron chi connectivity index (χ0n) is 5.37. The van der Waals surface area contributed by atoms with Gasteiger partial charge in [-0.25, -0.2) is 0 Å². The molecule has 10 heavy (non-hydrogen) atoms. The first-order chi connectivity index (χ1) is 4.57. The molecule has 54 valence electrons. The molecule has 0 atom stereocenters. The van der Waals surface area contributed by atoms with Crippen LogP contribution in [0.4, 0.5) is 0 Å². The van der Waals surface area contributed by atoms with E-state index in [9.17, 15) is 4.79 Å². The van der Waals surface area contributed by atoms with E-state index in [1.54, 1.807) is 6.07 Å². The average Bonchev–Trinajstić information content (AvgIpc) is 1.80. The van der Waals surface area contributed by atoms with Gasteiger partial charge in [-0.15, -0.1) is 0 Å². The van der Waals surface area contributed by atoms with Gasteiger partial charge in [-0.1, -0.05) is 0 Å². The Morgan fingerprint density at radius 3 is 2.60 bits per heavy atom. The third-order valence-electron chi connectivity index (χ3n) is 1.78. The number of rotatable bonds is 1. The molecule has 1 fully saturated rings. The lowest BCUT2D eigenvalue weighted by Gasteiger charge is -2.35. The van der Waals surface area contributed by atoms with Crippen molar-refractivity contribution in [1.29, 1.82) is 5.26 Å². The molecule has 1 aliphatic carbocycles. The molecule has 0 aromatic heterocycles. The second-order valence-electron chi connectivity index (χ2n) is 2.65. The van der Waals surface area contributed by atoms with Crippen molar-refractivity contribution >= 4 is 5.91 Å². The Morgan fingerprint density at radius 2 is 2.30 bits per heavy atom. The normalized spacial score (nSPS) is 37.8. The van der Waals surface area contributed by atoms with E-state index in [2.05, 4.69) is 0 Å². The van der Waals surface area contributed by atoms with Crippen LogP contribution in [0.25, 0.3) is 0 Å². The third-order valence-corrected chi connectivity index (χ3v) is 1.78. The largest absolute Gasteiger partial charge is 0.375 e. The van der Waals surface area contributed by atoms with E-state index >= 15 is 0 Å². The fraction of sp³-hybridized carbons (Fsp3) is 0.667. The van der Waals surface area contributed by atoms with Crippen LogP contribution in [-0.4, -0.2) is 16.6 Å². The van der Waals surface area contributed by atoms with Crippen LogP contribution in [0, 0.1) is 17.2 Å². The number of nitrogens with two attached hydrogens (primary N) is 1. The van der Waals surface area contributed by atoms with Crippen molar-refractivity contribution in [2.75, 3.05) is 0 Å². The van der Waals surface area contributed by atoms with Crippen molar-refractivity contribution in [2.24, 2.45) is 11.7 Å². The minimum absolute atomic E-state index is 0.193. The maximum absolute atomic E-state index is 10.4. The number of aliphatic hydroxyl groups is 1. The summed E-state index contributed by atoms with van der Waals surface area (Å²) in [5, 5.41) is 17.4. The molecule has 1 amide bonds. The minimum atomic E-state index is -1.28. The molecule has 0 aromatic rings.